The molecule has 6 heteroatoms. The lowest BCUT2D eigenvalue weighted by atomic mass is 9.72. The predicted molar refractivity (Wildman–Crippen MR) is 105 cm³/mol. The number of rotatable bonds is 4. The van der Waals surface area contributed by atoms with Crippen molar-refractivity contribution >= 4 is 17.5 Å². The van der Waals surface area contributed by atoms with Gasteiger partial charge in [-0.25, -0.2) is 4.39 Å². The SMILES string of the molecule is CN(C)C[C@H]1[C@H]2C[C@H](CN(Cc3ccc(F)c(Cl)c3)C2)[C@@H]2CCCC(=O)N21. The number of carbonyl (C=O) groups excluding carboxylic acids is 1. The van der Waals surface area contributed by atoms with Crippen molar-refractivity contribution in [3.05, 3.63) is 34.6 Å². The summed E-state index contributed by atoms with van der Waals surface area (Å²) in [6.07, 6.45) is 4.07. The number of hydrogen-bond acceptors (Lipinski definition) is 3. The van der Waals surface area contributed by atoms with Crippen LogP contribution in [0.1, 0.15) is 31.2 Å². The number of nitrogens with zero attached hydrogens (tertiary/aromatic N) is 3. The summed E-state index contributed by atoms with van der Waals surface area (Å²) >= 11 is 5.97. The minimum Gasteiger partial charge on any atom is -0.335 e. The van der Waals surface area contributed by atoms with Gasteiger partial charge in [0.1, 0.15) is 5.82 Å². The van der Waals surface area contributed by atoms with Gasteiger partial charge in [-0.05, 0) is 62.9 Å². The van der Waals surface area contributed by atoms with E-state index in [0.717, 1.165) is 44.6 Å². The summed E-state index contributed by atoms with van der Waals surface area (Å²) < 4.78 is 13.5. The summed E-state index contributed by atoms with van der Waals surface area (Å²) in [4.78, 5) is 19.7. The van der Waals surface area contributed by atoms with Crippen LogP contribution in [0.2, 0.25) is 5.02 Å². The average molecular weight is 394 g/mol. The quantitative estimate of drug-likeness (QED) is 0.785. The van der Waals surface area contributed by atoms with Crippen LogP contribution in [0.4, 0.5) is 4.39 Å². The van der Waals surface area contributed by atoms with E-state index in [2.05, 4.69) is 28.8 Å². The van der Waals surface area contributed by atoms with Crippen molar-refractivity contribution in [3.8, 4) is 0 Å². The zero-order valence-electron chi connectivity index (χ0n) is 16.2. The third-order valence-corrected chi connectivity index (χ3v) is 6.80. The van der Waals surface area contributed by atoms with Crippen LogP contribution >= 0.6 is 11.6 Å². The Labute approximate surface area is 166 Å². The van der Waals surface area contributed by atoms with Crippen molar-refractivity contribution in [2.45, 2.75) is 44.3 Å². The number of carbonyl (C=O) groups is 1. The normalized spacial score (nSPS) is 31.3. The molecular weight excluding hydrogens is 365 g/mol. The molecule has 2 bridgehead atoms. The number of halogens is 2. The molecule has 3 fully saturated rings. The minimum atomic E-state index is -0.363. The molecular formula is C21H29ClFN3O. The zero-order valence-corrected chi connectivity index (χ0v) is 17.0. The van der Waals surface area contributed by atoms with Gasteiger partial charge in [-0.2, -0.15) is 0 Å². The Hall–Kier alpha value is -1.17. The average Bonchev–Trinajstić information content (AvgIpc) is 2.62. The van der Waals surface area contributed by atoms with E-state index in [-0.39, 0.29) is 10.8 Å². The number of likely N-dealkylation sites (N-methyl/N-ethyl adjacent to an activating group) is 1. The van der Waals surface area contributed by atoms with E-state index in [4.69, 9.17) is 11.6 Å². The van der Waals surface area contributed by atoms with Crippen molar-refractivity contribution in [1.82, 2.24) is 14.7 Å². The molecule has 0 spiro atoms. The molecule has 3 heterocycles. The number of piperidine rings is 3. The first-order valence-corrected chi connectivity index (χ1v) is 10.4. The van der Waals surface area contributed by atoms with Gasteiger partial charge in [0.25, 0.3) is 0 Å². The van der Waals surface area contributed by atoms with Gasteiger partial charge in [0.05, 0.1) is 5.02 Å². The molecule has 3 saturated heterocycles. The second kappa shape index (κ2) is 7.69. The highest BCUT2D eigenvalue weighted by atomic mass is 35.5. The highest BCUT2D eigenvalue weighted by Crippen LogP contribution is 2.42. The summed E-state index contributed by atoms with van der Waals surface area (Å²) in [7, 11) is 4.19. The molecule has 27 heavy (non-hydrogen) atoms. The molecule has 0 radical (unpaired) electrons. The standard InChI is InChI=1S/C21H29ClFN3O/c1-24(2)13-20-16-9-15(19-4-3-5-21(27)26(19)20)11-25(12-16)10-14-6-7-18(23)17(22)8-14/h6-8,15-16,19-20H,3-5,9-13H2,1-2H3/t15-,16+,19+,20+/m1/s1. The fraction of sp³-hybridized carbons (Fsp3) is 0.667. The van der Waals surface area contributed by atoms with Crippen molar-refractivity contribution in [2.24, 2.45) is 11.8 Å². The third kappa shape index (κ3) is 3.87. The molecule has 0 aromatic heterocycles. The van der Waals surface area contributed by atoms with Crippen LogP contribution in [-0.4, -0.2) is 66.4 Å². The van der Waals surface area contributed by atoms with Gasteiger partial charge >= 0.3 is 0 Å². The van der Waals surface area contributed by atoms with Gasteiger partial charge in [0, 0.05) is 44.7 Å². The smallest absolute Gasteiger partial charge is 0.223 e. The van der Waals surface area contributed by atoms with Gasteiger partial charge < -0.3 is 9.80 Å². The number of likely N-dealkylation sites (tertiary alicyclic amines) is 1. The van der Waals surface area contributed by atoms with Gasteiger partial charge in [0.2, 0.25) is 5.91 Å². The minimum absolute atomic E-state index is 0.194. The molecule has 1 amide bonds. The Morgan fingerprint density at radius 1 is 1.26 bits per heavy atom. The lowest BCUT2D eigenvalue weighted by molar-refractivity contribution is -0.153. The van der Waals surface area contributed by atoms with E-state index in [9.17, 15) is 9.18 Å². The molecule has 1 aromatic carbocycles. The molecule has 3 aliphatic heterocycles. The maximum absolute atomic E-state index is 13.5. The van der Waals surface area contributed by atoms with Gasteiger partial charge in [-0.1, -0.05) is 17.7 Å². The fourth-order valence-electron chi connectivity index (χ4n) is 5.51. The fourth-order valence-corrected chi connectivity index (χ4v) is 5.71. The molecule has 4 atom stereocenters. The molecule has 148 valence electrons. The van der Waals surface area contributed by atoms with Crippen molar-refractivity contribution in [1.29, 1.82) is 0 Å². The highest BCUT2D eigenvalue weighted by Gasteiger charge is 2.49. The first-order valence-electron chi connectivity index (χ1n) is 10.0. The second-order valence-corrected chi connectivity index (χ2v) is 9.20. The summed E-state index contributed by atoms with van der Waals surface area (Å²) in [6, 6.07) is 5.72. The molecule has 0 saturated carbocycles. The Kier molecular flexibility index (Phi) is 5.45. The summed E-state index contributed by atoms with van der Waals surface area (Å²) in [5.41, 5.74) is 1.06. The van der Waals surface area contributed by atoms with E-state index in [1.807, 2.05) is 6.07 Å². The molecule has 0 aliphatic carbocycles. The van der Waals surface area contributed by atoms with E-state index in [1.165, 1.54) is 12.5 Å². The first-order chi connectivity index (χ1) is 12.9. The highest BCUT2D eigenvalue weighted by molar-refractivity contribution is 6.30. The predicted octanol–water partition coefficient (Wildman–Crippen LogP) is 3.24. The third-order valence-electron chi connectivity index (χ3n) is 6.51. The van der Waals surface area contributed by atoms with E-state index in [0.29, 0.717) is 36.2 Å². The topological polar surface area (TPSA) is 26.8 Å². The van der Waals surface area contributed by atoms with Crippen molar-refractivity contribution < 1.29 is 9.18 Å². The van der Waals surface area contributed by atoms with Crippen molar-refractivity contribution in [2.75, 3.05) is 33.7 Å². The lowest BCUT2D eigenvalue weighted by Gasteiger charge is -2.57. The first kappa shape index (κ1) is 19.2. The second-order valence-electron chi connectivity index (χ2n) is 8.79. The monoisotopic (exact) mass is 393 g/mol. The summed E-state index contributed by atoms with van der Waals surface area (Å²) in [5.74, 6) is 1.03. The molecule has 0 unspecified atom stereocenters. The Balaban J connectivity index is 1.55. The number of hydrogen-bond donors (Lipinski definition) is 0. The van der Waals surface area contributed by atoms with Crippen LogP contribution in [-0.2, 0) is 11.3 Å². The van der Waals surface area contributed by atoms with Crippen LogP contribution in [0.3, 0.4) is 0 Å². The molecule has 1 aromatic rings. The maximum atomic E-state index is 13.5. The van der Waals surface area contributed by atoms with E-state index < -0.39 is 0 Å². The maximum Gasteiger partial charge on any atom is 0.223 e. The van der Waals surface area contributed by atoms with Crippen LogP contribution in [0.15, 0.2) is 18.2 Å². The summed E-state index contributed by atoms with van der Waals surface area (Å²) in [6.45, 7) is 3.72. The summed E-state index contributed by atoms with van der Waals surface area (Å²) in [5, 5.41) is 0.194. The molecule has 3 aliphatic rings. The van der Waals surface area contributed by atoms with Crippen LogP contribution in [0.25, 0.3) is 0 Å². The van der Waals surface area contributed by atoms with Crippen LogP contribution in [0, 0.1) is 17.7 Å². The Bertz CT molecular complexity index is 713. The Morgan fingerprint density at radius 3 is 2.78 bits per heavy atom. The zero-order chi connectivity index (χ0) is 19.1. The van der Waals surface area contributed by atoms with Gasteiger partial charge in [-0.15, -0.1) is 0 Å². The van der Waals surface area contributed by atoms with Crippen LogP contribution < -0.4 is 0 Å². The van der Waals surface area contributed by atoms with Gasteiger partial charge in [-0.3, -0.25) is 9.69 Å². The van der Waals surface area contributed by atoms with E-state index >= 15 is 0 Å². The number of amides is 1. The lowest BCUT2D eigenvalue weighted by Crippen LogP contribution is -2.66. The number of fused-ring (bicyclic) bond motifs is 4. The Morgan fingerprint density at radius 2 is 2.04 bits per heavy atom. The largest absolute Gasteiger partial charge is 0.335 e. The molecule has 0 N–H and O–H groups in total. The molecule has 4 rings (SSSR count). The van der Waals surface area contributed by atoms with E-state index in [1.54, 1.807) is 6.07 Å². The van der Waals surface area contributed by atoms with Gasteiger partial charge in [0.15, 0.2) is 0 Å². The van der Waals surface area contributed by atoms with Crippen molar-refractivity contribution in [3.63, 3.8) is 0 Å². The van der Waals surface area contributed by atoms with Crippen LogP contribution in [0.5, 0.6) is 0 Å². The number of benzene rings is 1. The molecule has 4 nitrogen and oxygen atoms in total.